The fraction of sp³-hybridized carbons (Fsp3) is 0.579. The van der Waals surface area contributed by atoms with Gasteiger partial charge in [-0.1, -0.05) is 29.8 Å². The molecular weight excluding hydrogens is 427 g/mol. The summed E-state index contributed by atoms with van der Waals surface area (Å²) >= 11 is 0. The second-order valence-corrected chi connectivity index (χ2v) is 6.52. The Kier molecular flexibility index (Phi) is 9.85. The number of amides is 1. The van der Waals surface area contributed by atoms with Crippen LogP contribution in [0.5, 0.6) is 0 Å². The molecule has 0 aliphatic carbocycles. The van der Waals surface area contributed by atoms with Crippen LogP contribution < -0.4 is 10.6 Å². The minimum Gasteiger partial charge on any atom is -0.359 e. The van der Waals surface area contributed by atoms with E-state index in [1.165, 1.54) is 11.1 Å². The molecule has 1 aliphatic rings. The Morgan fingerprint density at radius 2 is 1.88 bits per heavy atom. The Balaban J connectivity index is 0.00000312. The predicted molar refractivity (Wildman–Crippen MR) is 115 cm³/mol. The second kappa shape index (κ2) is 11.3. The molecule has 0 saturated carbocycles. The number of carbonyl (C=O) groups is 1. The topological polar surface area (TPSA) is 56.7 Å². The Bertz CT molecular complexity index is 551. The molecule has 0 radical (unpaired) electrons. The molecule has 1 aliphatic heterocycles. The van der Waals surface area contributed by atoms with Crippen LogP contribution in [0.3, 0.4) is 0 Å². The number of nitrogens with one attached hydrogen (secondary N) is 2. The molecular formula is C19H31IN4O. The van der Waals surface area contributed by atoms with Gasteiger partial charge in [-0.25, -0.2) is 0 Å². The number of rotatable bonds is 5. The van der Waals surface area contributed by atoms with Crippen LogP contribution in [0, 0.1) is 12.8 Å². The van der Waals surface area contributed by atoms with Crippen molar-refractivity contribution in [2.45, 2.75) is 32.6 Å². The second-order valence-electron chi connectivity index (χ2n) is 6.52. The first-order chi connectivity index (χ1) is 11.6. The van der Waals surface area contributed by atoms with Gasteiger partial charge < -0.3 is 15.5 Å². The van der Waals surface area contributed by atoms with Crippen molar-refractivity contribution in [3.63, 3.8) is 0 Å². The van der Waals surface area contributed by atoms with Gasteiger partial charge in [-0.3, -0.25) is 9.79 Å². The first-order valence-corrected chi connectivity index (χ1v) is 8.84. The van der Waals surface area contributed by atoms with E-state index in [1.807, 2.05) is 7.05 Å². The summed E-state index contributed by atoms with van der Waals surface area (Å²) in [6.07, 6.45) is 3.73. The standard InChI is InChI=1S/C19H30N4O.HI/c1-15-4-6-16(7-5-15)8-11-22-19(21-3)23-12-9-17(10-13-23)14-18(24)20-2;/h4-7,17H,8-14H2,1-3H3,(H,20,24)(H,21,22);1H. The molecule has 1 amide bonds. The molecule has 1 fully saturated rings. The lowest BCUT2D eigenvalue weighted by Crippen LogP contribution is -2.46. The van der Waals surface area contributed by atoms with Crippen molar-refractivity contribution in [3.8, 4) is 0 Å². The van der Waals surface area contributed by atoms with Crippen LogP contribution in [0.1, 0.15) is 30.4 Å². The van der Waals surface area contributed by atoms with Crippen molar-refractivity contribution in [2.24, 2.45) is 10.9 Å². The lowest BCUT2D eigenvalue weighted by Gasteiger charge is -2.34. The van der Waals surface area contributed by atoms with E-state index in [0.717, 1.165) is 44.9 Å². The zero-order valence-corrected chi connectivity index (χ0v) is 17.9. The number of guanidine groups is 1. The Morgan fingerprint density at radius 1 is 1.24 bits per heavy atom. The molecule has 2 rings (SSSR count). The molecule has 25 heavy (non-hydrogen) atoms. The number of aliphatic imine (C=N–C) groups is 1. The normalized spacial score (nSPS) is 15.5. The lowest BCUT2D eigenvalue weighted by atomic mass is 9.93. The first-order valence-electron chi connectivity index (χ1n) is 8.84. The van der Waals surface area contributed by atoms with Gasteiger partial charge >= 0.3 is 0 Å². The summed E-state index contributed by atoms with van der Waals surface area (Å²) in [4.78, 5) is 18.2. The zero-order valence-electron chi connectivity index (χ0n) is 15.5. The lowest BCUT2D eigenvalue weighted by molar-refractivity contribution is -0.121. The molecule has 6 heteroatoms. The molecule has 2 N–H and O–H groups in total. The first kappa shape index (κ1) is 21.7. The molecule has 0 spiro atoms. The number of piperidine rings is 1. The smallest absolute Gasteiger partial charge is 0.220 e. The maximum atomic E-state index is 11.5. The van der Waals surface area contributed by atoms with Crippen molar-refractivity contribution < 1.29 is 4.79 Å². The van der Waals surface area contributed by atoms with Gasteiger partial charge in [-0.15, -0.1) is 24.0 Å². The number of nitrogens with zero attached hydrogens (tertiary/aromatic N) is 2. The molecule has 0 atom stereocenters. The van der Waals surface area contributed by atoms with Gasteiger partial charge in [-0.2, -0.15) is 0 Å². The molecule has 0 bridgehead atoms. The number of carbonyl (C=O) groups excluding carboxylic acids is 1. The molecule has 1 aromatic carbocycles. The fourth-order valence-corrected chi connectivity index (χ4v) is 3.12. The van der Waals surface area contributed by atoms with E-state index in [0.29, 0.717) is 12.3 Å². The van der Waals surface area contributed by atoms with E-state index in [9.17, 15) is 4.79 Å². The van der Waals surface area contributed by atoms with Crippen LogP contribution in [0.2, 0.25) is 0 Å². The fourth-order valence-electron chi connectivity index (χ4n) is 3.12. The number of benzene rings is 1. The van der Waals surface area contributed by atoms with E-state index in [1.54, 1.807) is 7.05 Å². The van der Waals surface area contributed by atoms with Crippen LogP contribution in [0.15, 0.2) is 29.3 Å². The van der Waals surface area contributed by atoms with Gasteiger partial charge in [0.1, 0.15) is 0 Å². The average molecular weight is 458 g/mol. The van der Waals surface area contributed by atoms with E-state index < -0.39 is 0 Å². The summed E-state index contributed by atoms with van der Waals surface area (Å²) in [5.41, 5.74) is 2.63. The van der Waals surface area contributed by atoms with Crippen molar-refractivity contribution in [1.29, 1.82) is 0 Å². The molecule has 0 aromatic heterocycles. The van der Waals surface area contributed by atoms with Crippen LogP contribution in [0.4, 0.5) is 0 Å². The largest absolute Gasteiger partial charge is 0.359 e. The highest BCUT2D eigenvalue weighted by Crippen LogP contribution is 2.20. The van der Waals surface area contributed by atoms with E-state index in [2.05, 4.69) is 51.7 Å². The van der Waals surface area contributed by atoms with Gasteiger partial charge in [0.05, 0.1) is 0 Å². The number of halogens is 1. The summed E-state index contributed by atoms with van der Waals surface area (Å²) in [6.45, 7) is 4.92. The van der Waals surface area contributed by atoms with Crippen molar-refractivity contribution in [1.82, 2.24) is 15.5 Å². The molecule has 0 unspecified atom stereocenters. The summed E-state index contributed by atoms with van der Waals surface area (Å²) in [5, 5.41) is 6.18. The minimum absolute atomic E-state index is 0. The van der Waals surface area contributed by atoms with Crippen LogP contribution in [0.25, 0.3) is 0 Å². The van der Waals surface area contributed by atoms with Crippen molar-refractivity contribution in [2.75, 3.05) is 33.7 Å². The highest BCUT2D eigenvalue weighted by molar-refractivity contribution is 14.0. The monoisotopic (exact) mass is 458 g/mol. The Labute approximate surface area is 168 Å². The molecule has 140 valence electrons. The van der Waals surface area contributed by atoms with Crippen molar-refractivity contribution >= 4 is 35.8 Å². The third kappa shape index (κ3) is 7.22. The van der Waals surface area contributed by atoms with Gasteiger partial charge in [-0.05, 0) is 37.7 Å². The van der Waals surface area contributed by atoms with E-state index in [-0.39, 0.29) is 29.9 Å². The molecule has 1 heterocycles. The van der Waals surface area contributed by atoms with Gasteiger partial charge in [0.15, 0.2) is 5.96 Å². The third-order valence-electron chi connectivity index (χ3n) is 4.70. The zero-order chi connectivity index (χ0) is 17.4. The summed E-state index contributed by atoms with van der Waals surface area (Å²) in [5.74, 6) is 1.61. The summed E-state index contributed by atoms with van der Waals surface area (Å²) in [6, 6.07) is 8.68. The molecule has 1 aromatic rings. The van der Waals surface area contributed by atoms with Crippen LogP contribution in [-0.2, 0) is 11.2 Å². The third-order valence-corrected chi connectivity index (χ3v) is 4.70. The number of aryl methyl sites for hydroxylation is 1. The average Bonchev–Trinajstić information content (AvgIpc) is 2.61. The molecule has 5 nitrogen and oxygen atoms in total. The maximum Gasteiger partial charge on any atom is 0.220 e. The summed E-state index contributed by atoms with van der Waals surface area (Å²) < 4.78 is 0. The Morgan fingerprint density at radius 3 is 2.44 bits per heavy atom. The van der Waals surface area contributed by atoms with E-state index >= 15 is 0 Å². The van der Waals surface area contributed by atoms with Gasteiger partial charge in [0, 0.05) is 40.2 Å². The van der Waals surface area contributed by atoms with Gasteiger partial charge in [0.25, 0.3) is 0 Å². The van der Waals surface area contributed by atoms with Gasteiger partial charge in [0.2, 0.25) is 5.91 Å². The quantitative estimate of drug-likeness (QED) is 0.405. The summed E-state index contributed by atoms with van der Waals surface area (Å²) in [7, 11) is 3.54. The predicted octanol–water partition coefficient (Wildman–Crippen LogP) is 2.58. The Hall–Kier alpha value is -1.31. The number of likely N-dealkylation sites (tertiary alicyclic amines) is 1. The number of hydrogen-bond acceptors (Lipinski definition) is 2. The van der Waals surface area contributed by atoms with E-state index in [4.69, 9.17) is 0 Å². The highest BCUT2D eigenvalue weighted by Gasteiger charge is 2.22. The maximum absolute atomic E-state index is 11.5. The van der Waals surface area contributed by atoms with Crippen LogP contribution >= 0.6 is 24.0 Å². The van der Waals surface area contributed by atoms with Crippen molar-refractivity contribution in [3.05, 3.63) is 35.4 Å². The molecule has 1 saturated heterocycles. The van der Waals surface area contributed by atoms with Crippen LogP contribution in [-0.4, -0.2) is 50.5 Å². The SMILES string of the molecule is CN=C(NCCc1ccc(C)cc1)N1CCC(CC(=O)NC)CC1.I. The highest BCUT2D eigenvalue weighted by atomic mass is 127. The minimum atomic E-state index is 0. The number of hydrogen-bond donors (Lipinski definition) is 2.